The molecule has 0 radical (unpaired) electrons. The molecule has 2 N–H and O–H groups in total. The van der Waals surface area contributed by atoms with Gasteiger partial charge in [-0.15, -0.1) is 0 Å². The van der Waals surface area contributed by atoms with Gasteiger partial charge in [-0.2, -0.15) is 0 Å². The number of hydrogen-bond donors (Lipinski definition) is 1. The van der Waals surface area contributed by atoms with Crippen molar-refractivity contribution in [3.63, 3.8) is 0 Å². The van der Waals surface area contributed by atoms with Crippen LogP contribution in [0.1, 0.15) is 41.3 Å². The minimum atomic E-state index is -1.00. The number of carbonyl (C=O) groups excluding carboxylic acids is 2. The Bertz CT molecular complexity index is 1090. The number of halogens is 2. The normalized spacial score (nSPS) is 11.9. The molecule has 3 aromatic rings. The van der Waals surface area contributed by atoms with Gasteiger partial charge in [0.05, 0.1) is 18.8 Å². The van der Waals surface area contributed by atoms with Gasteiger partial charge in [-0.05, 0) is 42.1 Å². The lowest BCUT2D eigenvalue weighted by molar-refractivity contribution is 0.103. The van der Waals surface area contributed by atoms with Crippen molar-refractivity contribution in [3.05, 3.63) is 70.9 Å². The third kappa shape index (κ3) is 4.22. The summed E-state index contributed by atoms with van der Waals surface area (Å²) in [7, 11) is 0. The van der Waals surface area contributed by atoms with E-state index in [2.05, 4.69) is 9.72 Å². The Balaban J connectivity index is 2.02. The first kappa shape index (κ1) is 21.2. The minimum absolute atomic E-state index is 0.131. The molecule has 1 atom stereocenters. The molecule has 1 aromatic heterocycles. The number of ether oxygens (including phenoxy) is 2. The molecule has 0 aliphatic rings. The van der Waals surface area contributed by atoms with Crippen LogP contribution in [0.15, 0.2) is 42.6 Å². The predicted molar refractivity (Wildman–Crippen MR) is 107 cm³/mol. The van der Waals surface area contributed by atoms with Crippen LogP contribution in [0.4, 0.5) is 13.6 Å². The molecule has 0 fully saturated rings. The Morgan fingerprint density at radius 3 is 2.47 bits per heavy atom. The number of amides is 1. The molecule has 0 bridgehead atoms. The maximum absolute atomic E-state index is 14.8. The molecular weight excluding hydrogens is 394 g/mol. The maximum atomic E-state index is 14.8. The quantitative estimate of drug-likeness (QED) is 0.581. The molecular formula is C22H20F2N2O4. The Hall–Kier alpha value is -3.55. The number of nitrogens with zero attached hydrogens (tertiary/aromatic N) is 1. The third-order valence-corrected chi connectivity index (χ3v) is 4.63. The van der Waals surface area contributed by atoms with Crippen molar-refractivity contribution in [2.75, 3.05) is 13.2 Å². The van der Waals surface area contributed by atoms with Crippen molar-refractivity contribution in [3.8, 4) is 5.88 Å². The van der Waals surface area contributed by atoms with Gasteiger partial charge in [-0.25, -0.2) is 18.6 Å². The molecule has 0 aliphatic carbocycles. The smallest absolute Gasteiger partial charge is 0.404 e. The lowest BCUT2D eigenvalue weighted by Crippen LogP contribution is -2.17. The van der Waals surface area contributed by atoms with E-state index in [1.165, 1.54) is 12.3 Å². The van der Waals surface area contributed by atoms with Crippen molar-refractivity contribution in [1.29, 1.82) is 0 Å². The van der Waals surface area contributed by atoms with Gasteiger partial charge < -0.3 is 15.2 Å². The van der Waals surface area contributed by atoms with Crippen LogP contribution >= 0.6 is 0 Å². The van der Waals surface area contributed by atoms with Crippen LogP contribution in [0.3, 0.4) is 0 Å². The molecule has 3 rings (SSSR count). The van der Waals surface area contributed by atoms with Crippen molar-refractivity contribution in [2.45, 2.75) is 19.8 Å². The number of primary amides is 1. The monoisotopic (exact) mass is 414 g/mol. The second-order valence-electron chi connectivity index (χ2n) is 6.67. The molecule has 0 aliphatic heterocycles. The standard InChI is InChI=1S/C22H20F2N2O4/c1-3-29-21-16-6-4-5-15(14(16)7-8-26-21)20(27)19-17(23)9-13(10-18(19)24)12(2)11-30-22(25)28/h4-10,12H,3,11H2,1-2H3,(H2,25,28). The van der Waals surface area contributed by atoms with Crippen molar-refractivity contribution in [2.24, 2.45) is 5.73 Å². The zero-order valence-electron chi connectivity index (χ0n) is 16.4. The number of hydrogen-bond acceptors (Lipinski definition) is 5. The number of carbonyl (C=O) groups is 2. The van der Waals surface area contributed by atoms with Gasteiger partial charge in [-0.1, -0.05) is 19.1 Å². The average Bonchev–Trinajstić information content (AvgIpc) is 2.71. The number of aromatic nitrogens is 1. The van der Waals surface area contributed by atoms with Crippen LogP contribution in [-0.4, -0.2) is 30.1 Å². The first-order chi connectivity index (χ1) is 14.3. The SMILES string of the molecule is CCOc1nccc2c(C(=O)c3c(F)cc(C(C)COC(N)=O)cc3F)cccc12. The molecule has 2 aromatic carbocycles. The van der Waals surface area contributed by atoms with E-state index in [4.69, 9.17) is 10.5 Å². The van der Waals surface area contributed by atoms with E-state index in [-0.39, 0.29) is 17.7 Å². The Morgan fingerprint density at radius 2 is 1.83 bits per heavy atom. The number of benzene rings is 2. The van der Waals surface area contributed by atoms with E-state index in [1.807, 2.05) is 0 Å². The van der Waals surface area contributed by atoms with E-state index in [0.717, 1.165) is 12.1 Å². The molecule has 1 amide bonds. The third-order valence-electron chi connectivity index (χ3n) is 4.63. The zero-order valence-corrected chi connectivity index (χ0v) is 16.4. The first-order valence-corrected chi connectivity index (χ1v) is 9.29. The van der Waals surface area contributed by atoms with Crippen molar-refractivity contribution in [1.82, 2.24) is 4.98 Å². The fourth-order valence-corrected chi connectivity index (χ4v) is 3.16. The molecule has 0 saturated heterocycles. The lowest BCUT2D eigenvalue weighted by atomic mass is 9.94. The number of pyridine rings is 1. The van der Waals surface area contributed by atoms with Crippen LogP contribution in [0.25, 0.3) is 10.8 Å². The van der Waals surface area contributed by atoms with E-state index < -0.39 is 35.0 Å². The Kier molecular flexibility index (Phi) is 6.25. The van der Waals surface area contributed by atoms with Gasteiger partial charge in [-0.3, -0.25) is 4.79 Å². The van der Waals surface area contributed by atoms with Crippen LogP contribution in [0.2, 0.25) is 0 Å². The van der Waals surface area contributed by atoms with Crippen LogP contribution in [-0.2, 0) is 4.74 Å². The zero-order chi connectivity index (χ0) is 21.8. The van der Waals surface area contributed by atoms with Crippen molar-refractivity contribution >= 4 is 22.6 Å². The summed E-state index contributed by atoms with van der Waals surface area (Å²) in [6.45, 7) is 3.66. The maximum Gasteiger partial charge on any atom is 0.404 e. The fraction of sp³-hybridized carbons (Fsp3) is 0.227. The lowest BCUT2D eigenvalue weighted by Gasteiger charge is -2.14. The van der Waals surface area contributed by atoms with Gasteiger partial charge in [0.1, 0.15) is 11.6 Å². The molecule has 1 unspecified atom stereocenters. The van der Waals surface area contributed by atoms with Crippen molar-refractivity contribution < 1.29 is 27.8 Å². The highest BCUT2D eigenvalue weighted by atomic mass is 19.1. The molecule has 0 saturated carbocycles. The first-order valence-electron chi connectivity index (χ1n) is 9.29. The number of nitrogens with two attached hydrogens (primary N) is 1. The van der Waals surface area contributed by atoms with Gasteiger partial charge in [0.25, 0.3) is 0 Å². The Labute approximate surface area is 171 Å². The number of fused-ring (bicyclic) bond motifs is 1. The topological polar surface area (TPSA) is 91.5 Å². The number of rotatable bonds is 7. The summed E-state index contributed by atoms with van der Waals surface area (Å²) >= 11 is 0. The van der Waals surface area contributed by atoms with E-state index in [0.29, 0.717) is 23.3 Å². The van der Waals surface area contributed by atoms with E-state index >= 15 is 0 Å². The summed E-state index contributed by atoms with van der Waals surface area (Å²) in [5.41, 5.74) is 4.62. The fourth-order valence-electron chi connectivity index (χ4n) is 3.16. The summed E-state index contributed by atoms with van der Waals surface area (Å²) in [6.07, 6.45) is 0.492. The highest BCUT2D eigenvalue weighted by Gasteiger charge is 2.24. The summed E-state index contributed by atoms with van der Waals surface area (Å²) in [5, 5.41) is 1.05. The van der Waals surface area contributed by atoms with Gasteiger partial charge >= 0.3 is 6.09 Å². The van der Waals surface area contributed by atoms with E-state index in [1.54, 1.807) is 32.0 Å². The molecule has 30 heavy (non-hydrogen) atoms. The molecule has 0 spiro atoms. The van der Waals surface area contributed by atoms with Gasteiger partial charge in [0.15, 0.2) is 5.78 Å². The van der Waals surface area contributed by atoms with Crippen LogP contribution in [0.5, 0.6) is 5.88 Å². The second-order valence-corrected chi connectivity index (χ2v) is 6.67. The summed E-state index contributed by atoms with van der Waals surface area (Å²) < 4.78 is 39.7. The summed E-state index contributed by atoms with van der Waals surface area (Å²) in [5.74, 6) is -2.97. The Morgan fingerprint density at radius 1 is 1.13 bits per heavy atom. The predicted octanol–water partition coefficient (Wildman–Crippen LogP) is 4.34. The summed E-state index contributed by atoms with van der Waals surface area (Å²) in [6, 6.07) is 8.54. The highest BCUT2D eigenvalue weighted by molar-refractivity contribution is 6.17. The van der Waals surface area contributed by atoms with Gasteiger partial charge in [0.2, 0.25) is 5.88 Å². The van der Waals surface area contributed by atoms with E-state index in [9.17, 15) is 18.4 Å². The van der Waals surface area contributed by atoms with Crippen LogP contribution in [0, 0.1) is 11.6 Å². The second kappa shape index (κ2) is 8.86. The number of ketones is 1. The largest absolute Gasteiger partial charge is 0.478 e. The molecule has 156 valence electrons. The highest BCUT2D eigenvalue weighted by Crippen LogP contribution is 2.30. The molecule has 1 heterocycles. The van der Waals surface area contributed by atoms with Gasteiger partial charge in [0, 0.05) is 23.1 Å². The van der Waals surface area contributed by atoms with Crippen LogP contribution < -0.4 is 10.5 Å². The average molecular weight is 414 g/mol. The summed E-state index contributed by atoms with van der Waals surface area (Å²) in [4.78, 5) is 27.9. The molecule has 8 heteroatoms. The molecule has 6 nitrogen and oxygen atoms in total. The minimum Gasteiger partial charge on any atom is -0.478 e.